The fourth-order valence-electron chi connectivity index (χ4n) is 1.02. The van der Waals surface area contributed by atoms with Crippen LogP contribution in [0.2, 0.25) is 0 Å². The molecule has 0 spiro atoms. The Morgan fingerprint density at radius 3 is 2.33 bits per heavy atom. The van der Waals surface area contributed by atoms with Gasteiger partial charge in [0.05, 0.1) is 5.75 Å². The quantitative estimate of drug-likeness (QED) is 0.632. The maximum absolute atomic E-state index is 10.6. The standard InChI is InChI=1S/C10H10BrClO2S/c11-10-6-4-9(5-7-10)3-1-2-8-15(12,13)14/h1-2,4-7H,3,8H2/b2-1-. The van der Waals surface area contributed by atoms with Crippen LogP contribution in [0.3, 0.4) is 0 Å². The van der Waals surface area contributed by atoms with Gasteiger partial charge < -0.3 is 0 Å². The van der Waals surface area contributed by atoms with E-state index in [-0.39, 0.29) is 5.75 Å². The summed E-state index contributed by atoms with van der Waals surface area (Å²) in [6.45, 7) is 0. The molecule has 82 valence electrons. The van der Waals surface area contributed by atoms with Crippen molar-refractivity contribution in [2.75, 3.05) is 5.75 Å². The molecule has 5 heteroatoms. The zero-order chi connectivity index (χ0) is 11.3. The summed E-state index contributed by atoms with van der Waals surface area (Å²) >= 11 is 3.34. The van der Waals surface area contributed by atoms with Crippen molar-refractivity contribution in [2.45, 2.75) is 6.42 Å². The minimum atomic E-state index is -3.41. The first-order valence-electron chi connectivity index (χ1n) is 4.29. The van der Waals surface area contributed by atoms with Crippen molar-refractivity contribution in [1.29, 1.82) is 0 Å². The number of rotatable bonds is 4. The zero-order valence-electron chi connectivity index (χ0n) is 7.86. The third-order valence-electron chi connectivity index (χ3n) is 1.73. The van der Waals surface area contributed by atoms with Gasteiger partial charge in [-0.05, 0) is 24.1 Å². The van der Waals surface area contributed by atoms with E-state index in [9.17, 15) is 8.42 Å². The molecule has 0 saturated carbocycles. The summed E-state index contributed by atoms with van der Waals surface area (Å²) in [6.07, 6.45) is 4.06. The summed E-state index contributed by atoms with van der Waals surface area (Å²) in [6, 6.07) is 7.84. The molecule has 0 saturated heterocycles. The summed E-state index contributed by atoms with van der Waals surface area (Å²) in [5, 5.41) is 0. The monoisotopic (exact) mass is 308 g/mol. The molecule has 0 aromatic heterocycles. The Labute approximate surface area is 103 Å². The van der Waals surface area contributed by atoms with Crippen LogP contribution in [0.25, 0.3) is 0 Å². The summed E-state index contributed by atoms with van der Waals surface area (Å²) in [5.41, 5.74) is 1.13. The molecule has 15 heavy (non-hydrogen) atoms. The second kappa shape index (κ2) is 5.68. The lowest BCUT2D eigenvalue weighted by Crippen LogP contribution is -1.92. The molecule has 0 aliphatic carbocycles. The van der Waals surface area contributed by atoms with E-state index in [1.54, 1.807) is 12.2 Å². The van der Waals surface area contributed by atoms with Crippen LogP contribution in [0.4, 0.5) is 0 Å². The van der Waals surface area contributed by atoms with Crippen molar-refractivity contribution in [3.05, 3.63) is 46.5 Å². The number of hydrogen-bond donors (Lipinski definition) is 0. The molecule has 0 fully saturated rings. The Hall–Kier alpha value is -0.320. The van der Waals surface area contributed by atoms with Crippen molar-refractivity contribution in [1.82, 2.24) is 0 Å². The van der Waals surface area contributed by atoms with E-state index >= 15 is 0 Å². The molecule has 0 atom stereocenters. The lowest BCUT2D eigenvalue weighted by Gasteiger charge is -1.95. The molecule has 0 unspecified atom stereocenters. The molecule has 1 rings (SSSR count). The minimum absolute atomic E-state index is 0.120. The van der Waals surface area contributed by atoms with Crippen molar-refractivity contribution in [2.24, 2.45) is 0 Å². The smallest absolute Gasteiger partial charge is 0.212 e. The van der Waals surface area contributed by atoms with Gasteiger partial charge in [0.1, 0.15) is 0 Å². The first-order chi connectivity index (χ1) is 6.97. The highest BCUT2D eigenvalue weighted by molar-refractivity contribution is 9.10. The minimum Gasteiger partial charge on any atom is -0.212 e. The fraction of sp³-hybridized carbons (Fsp3) is 0.200. The molecule has 0 amide bonds. The van der Waals surface area contributed by atoms with Gasteiger partial charge in [0.25, 0.3) is 0 Å². The molecule has 2 nitrogen and oxygen atoms in total. The van der Waals surface area contributed by atoms with Crippen molar-refractivity contribution in [3.8, 4) is 0 Å². The van der Waals surface area contributed by atoms with E-state index in [1.807, 2.05) is 24.3 Å². The van der Waals surface area contributed by atoms with Crippen LogP contribution in [0, 0.1) is 0 Å². The molecular formula is C10H10BrClO2S. The van der Waals surface area contributed by atoms with Crippen molar-refractivity contribution < 1.29 is 8.42 Å². The second-order valence-electron chi connectivity index (χ2n) is 3.01. The van der Waals surface area contributed by atoms with Crippen LogP contribution in [0.5, 0.6) is 0 Å². The molecule has 0 heterocycles. The molecule has 0 aliphatic rings. The molecule has 0 radical (unpaired) electrons. The SMILES string of the molecule is O=S(=O)(Cl)C/C=C\Cc1ccc(Br)cc1. The van der Waals surface area contributed by atoms with Crippen molar-refractivity contribution in [3.63, 3.8) is 0 Å². The van der Waals surface area contributed by atoms with Gasteiger partial charge in [-0.15, -0.1) is 0 Å². The maximum Gasteiger partial charge on any atom is 0.236 e. The highest BCUT2D eigenvalue weighted by atomic mass is 79.9. The average Bonchev–Trinajstić information content (AvgIpc) is 2.14. The Morgan fingerprint density at radius 2 is 1.80 bits per heavy atom. The summed E-state index contributed by atoms with van der Waals surface area (Å²) in [4.78, 5) is 0. The summed E-state index contributed by atoms with van der Waals surface area (Å²) in [5.74, 6) is -0.120. The van der Waals surface area contributed by atoms with Crippen LogP contribution in [0.15, 0.2) is 40.9 Å². The second-order valence-corrected chi connectivity index (χ2v) is 6.74. The Morgan fingerprint density at radius 1 is 1.20 bits per heavy atom. The Bertz CT molecular complexity index is 437. The van der Waals surface area contributed by atoms with E-state index in [2.05, 4.69) is 15.9 Å². The predicted molar refractivity (Wildman–Crippen MR) is 66.6 cm³/mol. The fourth-order valence-corrected chi connectivity index (χ4v) is 1.87. The number of allylic oxidation sites excluding steroid dienone is 1. The van der Waals surface area contributed by atoms with E-state index < -0.39 is 9.05 Å². The Kier molecular flexibility index (Phi) is 4.83. The first kappa shape index (κ1) is 12.7. The van der Waals surface area contributed by atoms with Crippen LogP contribution in [0.1, 0.15) is 5.56 Å². The number of halogens is 2. The van der Waals surface area contributed by atoms with E-state index in [1.165, 1.54) is 0 Å². The molecule has 1 aromatic carbocycles. The predicted octanol–water partition coefficient (Wildman–Crippen LogP) is 3.12. The van der Waals surface area contributed by atoms with Gasteiger partial charge in [0.2, 0.25) is 9.05 Å². The van der Waals surface area contributed by atoms with E-state index in [0.717, 1.165) is 10.0 Å². The highest BCUT2D eigenvalue weighted by Crippen LogP contribution is 2.11. The third-order valence-corrected chi connectivity index (χ3v) is 3.23. The molecule has 0 N–H and O–H groups in total. The lowest BCUT2D eigenvalue weighted by atomic mass is 10.1. The highest BCUT2D eigenvalue weighted by Gasteiger charge is 1.99. The van der Waals surface area contributed by atoms with Crippen molar-refractivity contribution >= 4 is 35.7 Å². The van der Waals surface area contributed by atoms with Gasteiger partial charge in [-0.2, -0.15) is 0 Å². The zero-order valence-corrected chi connectivity index (χ0v) is 11.0. The maximum atomic E-state index is 10.6. The number of benzene rings is 1. The largest absolute Gasteiger partial charge is 0.236 e. The molecule has 1 aromatic rings. The van der Waals surface area contributed by atoms with E-state index in [4.69, 9.17) is 10.7 Å². The summed E-state index contributed by atoms with van der Waals surface area (Å²) in [7, 11) is 1.64. The third kappa shape index (κ3) is 5.97. The van der Waals surface area contributed by atoms with Gasteiger partial charge in [-0.3, -0.25) is 0 Å². The Balaban J connectivity index is 2.47. The molecular weight excluding hydrogens is 300 g/mol. The summed E-state index contributed by atoms with van der Waals surface area (Å²) < 4.78 is 22.2. The van der Waals surface area contributed by atoms with Gasteiger partial charge in [-0.1, -0.05) is 40.2 Å². The molecule has 0 bridgehead atoms. The van der Waals surface area contributed by atoms with Crippen LogP contribution in [-0.4, -0.2) is 14.2 Å². The van der Waals surface area contributed by atoms with Crippen LogP contribution in [-0.2, 0) is 15.5 Å². The van der Waals surface area contributed by atoms with Gasteiger partial charge in [0, 0.05) is 15.2 Å². The first-order valence-corrected chi connectivity index (χ1v) is 7.56. The van der Waals surface area contributed by atoms with Crippen LogP contribution < -0.4 is 0 Å². The van der Waals surface area contributed by atoms with Gasteiger partial charge in [0.15, 0.2) is 0 Å². The van der Waals surface area contributed by atoms with Gasteiger partial charge >= 0.3 is 0 Å². The van der Waals surface area contributed by atoms with Crippen LogP contribution >= 0.6 is 26.6 Å². The topological polar surface area (TPSA) is 34.1 Å². The van der Waals surface area contributed by atoms with Gasteiger partial charge in [-0.25, -0.2) is 8.42 Å². The normalized spacial score (nSPS) is 12.1. The molecule has 0 aliphatic heterocycles. The average molecular weight is 310 g/mol. The van der Waals surface area contributed by atoms with E-state index in [0.29, 0.717) is 6.42 Å². The lowest BCUT2D eigenvalue weighted by molar-refractivity contribution is 0.612. The number of hydrogen-bond acceptors (Lipinski definition) is 2.